The van der Waals surface area contributed by atoms with Gasteiger partial charge in [-0.3, -0.25) is 14.5 Å². The van der Waals surface area contributed by atoms with Gasteiger partial charge >= 0.3 is 5.97 Å². The fourth-order valence-corrected chi connectivity index (χ4v) is 4.39. The first-order valence-electron chi connectivity index (χ1n) is 8.99. The Labute approximate surface area is 156 Å². The number of carbonyl (C=O) groups excluding carboxylic acids is 3. The highest BCUT2D eigenvalue weighted by molar-refractivity contribution is 7.14. The number of nitrogens with one attached hydrogen (secondary N) is 1. The van der Waals surface area contributed by atoms with Crippen LogP contribution in [-0.2, 0) is 19.1 Å². The topological polar surface area (TPSA) is 84.9 Å². The zero-order valence-electron chi connectivity index (χ0n) is 14.9. The summed E-state index contributed by atoms with van der Waals surface area (Å²) in [5, 5.41) is 5.05. The minimum atomic E-state index is -0.440. The summed E-state index contributed by atoms with van der Waals surface area (Å²) in [6.45, 7) is 3.86. The first-order chi connectivity index (χ1) is 12.6. The van der Waals surface area contributed by atoms with Crippen LogP contribution in [0.2, 0.25) is 0 Å². The normalized spacial score (nSPS) is 23.8. The number of thiophene rings is 1. The van der Waals surface area contributed by atoms with Crippen LogP contribution in [0, 0.1) is 5.92 Å². The Morgan fingerprint density at radius 1 is 1.46 bits per heavy atom. The van der Waals surface area contributed by atoms with Gasteiger partial charge in [0.15, 0.2) is 0 Å². The molecule has 0 bridgehead atoms. The summed E-state index contributed by atoms with van der Waals surface area (Å²) < 4.78 is 10.6. The molecule has 142 valence electrons. The molecule has 1 aromatic heterocycles. The van der Waals surface area contributed by atoms with Crippen LogP contribution >= 0.6 is 11.3 Å². The van der Waals surface area contributed by atoms with Crippen molar-refractivity contribution in [3.8, 4) is 0 Å². The Kier molecular flexibility index (Phi) is 6.39. The molecule has 1 aromatic rings. The van der Waals surface area contributed by atoms with Crippen molar-refractivity contribution in [3.63, 3.8) is 0 Å². The van der Waals surface area contributed by atoms with Crippen LogP contribution in [0.3, 0.4) is 0 Å². The number of nitrogens with zero attached hydrogens (tertiary/aromatic N) is 1. The number of anilines is 1. The predicted octanol–water partition coefficient (Wildman–Crippen LogP) is 1.93. The van der Waals surface area contributed by atoms with Gasteiger partial charge in [0.2, 0.25) is 5.91 Å². The Balaban J connectivity index is 1.62. The quantitative estimate of drug-likeness (QED) is 0.759. The van der Waals surface area contributed by atoms with Crippen molar-refractivity contribution in [1.82, 2.24) is 4.90 Å². The largest absolute Gasteiger partial charge is 0.462 e. The molecule has 2 aliphatic rings. The molecule has 8 heteroatoms. The number of ether oxygens (including phenoxy) is 2. The third-order valence-electron chi connectivity index (χ3n) is 4.86. The molecule has 0 radical (unpaired) electrons. The average Bonchev–Trinajstić information content (AvgIpc) is 3.24. The standard InChI is InChI=1S/C18H24N2O5S/c1-2-25-18(23)13-6-9-26-17(13)19-16(22)10-20-7-8-24-11-14(20)12-4-3-5-15(12)21/h6,9,12,14H,2-5,7-8,10-11H2,1H3,(H,19,22)/t12-,14+/m1/s1. The summed E-state index contributed by atoms with van der Waals surface area (Å²) in [5.41, 5.74) is 0.370. The molecule has 2 fully saturated rings. The van der Waals surface area contributed by atoms with E-state index in [0.29, 0.717) is 36.7 Å². The second-order valence-electron chi connectivity index (χ2n) is 6.51. The SMILES string of the molecule is CCOC(=O)c1ccsc1NC(=O)CN1CCOC[C@H]1[C@H]1CCCC1=O. The van der Waals surface area contributed by atoms with E-state index in [1.807, 2.05) is 4.90 Å². The zero-order valence-corrected chi connectivity index (χ0v) is 15.7. The smallest absolute Gasteiger partial charge is 0.341 e. The number of rotatable bonds is 6. The molecule has 1 saturated heterocycles. The molecule has 0 aromatic carbocycles. The van der Waals surface area contributed by atoms with Crippen molar-refractivity contribution in [1.29, 1.82) is 0 Å². The number of Topliss-reactive ketones (excluding diaryl/α,β-unsaturated/α-hetero) is 1. The van der Waals surface area contributed by atoms with Gasteiger partial charge in [0.25, 0.3) is 0 Å². The van der Waals surface area contributed by atoms with E-state index >= 15 is 0 Å². The van der Waals surface area contributed by atoms with Crippen LogP contribution in [0.5, 0.6) is 0 Å². The van der Waals surface area contributed by atoms with E-state index in [-0.39, 0.29) is 36.8 Å². The van der Waals surface area contributed by atoms with Gasteiger partial charge in [0.1, 0.15) is 10.8 Å². The molecule has 7 nitrogen and oxygen atoms in total. The van der Waals surface area contributed by atoms with E-state index in [1.165, 1.54) is 11.3 Å². The van der Waals surface area contributed by atoms with Gasteiger partial charge in [-0.05, 0) is 31.2 Å². The first kappa shape index (κ1) is 19.0. The number of ketones is 1. The predicted molar refractivity (Wildman–Crippen MR) is 97.4 cm³/mol. The van der Waals surface area contributed by atoms with Crippen molar-refractivity contribution < 1.29 is 23.9 Å². The Morgan fingerprint density at radius 3 is 3.04 bits per heavy atom. The molecular formula is C18H24N2O5S. The van der Waals surface area contributed by atoms with E-state index in [9.17, 15) is 14.4 Å². The van der Waals surface area contributed by atoms with E-state index in [0.717, 1.165) is 12.8 Å². The lowest BCUT2D eigenvalue weighted by molar-refractivity contribution is -0.128. The molecule has 26 heavy (non-hydrogen) atoms. The molecule has 2 atom stereocenters. The van der Waals surface area contributed by atoms with E-state index in [2.05, 4.69) is 5.32 Å². The van der Waals surface area contributed by atoms with Gasteiger partial charge < -0.3 is 14.8 Å². The molecule has 1 N–H and O–H groups in total. The van der Waals surface area contributed by atoms with Crippen molar-refractivity contribution in [3.05, 3.63) is 17.0 Å². The van der Waals surface area contributed by atoms with Crippen LogP contribution in [0.15, 0.2) is 11.4 Å². The maximum atomic E-state index is 12.5. The van der Waals surface area contributed by atoms with Crippen molar-refractivity contribution in [2.24, 2.45) is 5.92 Å². The van der Waals surface area contributed by atoms with Crippen LogP contribution in [0.4, 0.5) is 5.00 Å². The molecule has 0 spiro atoms. The minimum Gasteiger partial charge on any atom is -0.462 e. The molecule has 2 heterocycles. The maximum absolute atomic E-state index is 12.5. The van der Waals surface area contributed by atoms with Crippen molar-refractivity contribution in [2.75, 3.05) is 38.2 Å². The van der Waals surface area contributed by atoms with E-state index in [4.69, 9.17) is 9.47 Å². The second-order valence-corrected chi connectivity index (χ2v) is 7.43. The third kappa shape index (κ3) is 4.31. The summed E-state index contributed by atoms with van der Waals surface area (Å²) in [5.74, 6) is -0.408. The van der Waals surface area contributed by atoms with Gasteiger partial charge in [-0.1, -0.05) is 0 Å². The lowest BCUT2D eigenvalue weighted by Gasteiger charge is -2.37. The maximum Gasteiger partial charge on any atom is 0.341 e. The number of esters is 1. The van der Waals surface area contributed by atoms with E-state index in [1.54, 1.807) is 18.4 Å². The summed E-state index contributed by atoms with van der Waals surface area (Å²) in [4.78, 5) is 38.6. The number of amides is 1. The highest BCUT2D eigenvalue weighted by Gasteiger charge is 2.38. The summed E-state index contributed by atoms with van der Waals surface area (Å²) in [6, 6.07) is 1.60. The molecule has 3 rings (SSSR count). The van der Waals surface area contributed by atoms with Gasteiger partial charge in [-0.2, -0.15) is 0 Å². The summed E-state index contributed by atoms with van der Waals surface area (Å²) in [6.07, 6.45) is 2.40. The van der Waals surface area contributed by atoms with Crippen LogP contribution in [0.25, 0.3) is 0 Å². The molecule has 1 saturated carbocycles. The fourth-order valence-electron chi connectivity index (χ4n) is 3.60. The average molecular weight is 380 g/mol. The monoisotopic (exact) mass is 380 g/mol. The fraction of sp³-hybridized carbons (Fsp3) is 0.611. The minimum absolute atomic E-state index is 0.0417. The van der Waals surface area contributed by atoms with Crippen molar-refractivity contribution >= 4 is 34.0 Å². The number of morpholine rings is 1. The van der Waals surface area contributed by atoms with Crippen molar-refractivity contribution in [2.45, 2.75) is 32.2 Å². The highest BCUT2D eigenvalue weighted by Crippen LogP contribution is 2.29. The molecule has 1 amide bonds. The summed E-state index contributed by atoms with van der Waals surface area (Å²) in [7, 11) is 0. The Bertz CT molecular complexity index is 674. The number of hydrogen-bond acceptors (Lipinski definition) is 7. The van der Waals surface area contributed by atoms with Gasteiger partial charge in [-0.25, -0.2) is 4.79 Å². The van der Waals surface area contributed by atoms with Gasteiger partial charge in [-0.15, -0.1) is 11.3 Å². The molecule has 0 unspecified atom stereocenters. The van der Waals surface area contributed by atoms with Crippen LogP contribution in [0.1, 0.15) is 36.5 Å². The Morgan fingerprint density at radius 2 is 2.31 bits per heavy atom. The zero-order chi connectivity index (χ0) is 18.5. The third-order valence-corrected chi connectivity index (χ3v) is 5.69. The van der Waals surface area contributed by atoms with Crippen LogP contribution < -0.4 is 5.32 Å². The number of hydrogen-bond donors (Lipinski definition) is 1. The van der Waals surface area contributed by atoms with E-state index < -0.39 is 5.97 Å². The van der Waals surface area contributed by atoms with Gasteiger partial charge in [0.05, 0.1) is 31.9 Å². The lowest BCUT2D eigenvalue weighted by Crippen LogP contribution is -2.52. The molecular weight excluding hydrogens is 356 g/mol. The molecule has 1 aliphatic heterocycles. The second kappa shape index (κ2) is 8.75. The first-order valence-corrected chi connectivity index (χ1v) is 9.87. The van der Waals surface area contributed by atoms with Crippen LogP contribution in [-0.4, -0.2) is 61.5 Å². The summed E-state index contributed by atoms with van der Waals surface area (Å²) >= 11 is 1.29. The highest BCUT2D eigenvalue weighted by atomic mass is 32.1. The number of carbonyl (C=O) groups is 3. The molecule has 1 aliphatic carbocycles. The van der Waals surface area contributed by atoms with Gasteiger partial charge in [0, 0.05) is 24.9 Å². The lowest BCUT2D eigenvalue weighted by atomic mass is 9.95. The Hall–Kier alpha value is -1.77.